The van der Waals surface area contributed by atoms with E-state index < -0.39 is 39.6 Å². The average molecular weight is 386 g/mol. The molecule has 0 aliphatic heterocycles. The van der Waals surface area contributed by atoms with Crippen LogP contribution in [0.3, 0.4) is 0 Å². The molecule has 0 aliphatic rings. The minimum absolute atomic E-state index is 0.0949. The molecule has 0 atom stereocenters. The van der Waals surface area contributed by atoms with Gasteiger partial charge in [-0.2, -0.15) is 13.2 Å². The predicted molar refractivity (Wildman–Crippen MR) is 79.7 cm³/mol. The molecule has 1 N–H and O–H groups in total. The fourth-order valence-electron chi connectivity index (χ4n) is 1.55. The second-order valence-corrected chi connectivity index (χ2v) is 13.7. The van der Waals surface area contributed by atoms with Gasteiger partial charge in [0, 0.05) is 7.11 Å². The van der Waals surface area contributed by atoms with Gasteiger partial charge < -0.3 is 4.43 Å². The zero-order valence-electron chi connectivity index (χ0n) is 12.7. The molecule has 0 spiro atoms. The lowest BCUT2D eigenvalue weighted by Gasteiger charge is -2.19. The Balaban J connectivity index is 4.17. The summed E-state index contributed by atoms with van der Waals surface area (Å²) in [7, 11) is -10.4. The molecule has 0 saturated carbocycles. The van der Waals surface area contributed by atoms with E-state index >= 15 is 0 Å². The van der Waals surface area contributed by atoms with Gasteiger partial charge in [0.25, 0.3) is 0 Å². The summed E-state index contributed by atoms with van der Waals surface area (Å²) in [6.45, 7) is 4.09. The largest absolute Gasteiger partial charge is 0.512 e. The SMILES string of the molecule is CO[Si](C)(C)CCCCCCS(=O)(=O)NS(=O)(=O)C(F)(F)F. The molecule has 0 saturated heterocycles. The van der Waals surface area contributed by atoms with Gasteiger partial charge in [-0.25, -0.2) is 16.8 Å². The molecule has 0 heterocycles. The molecule has 6 nitrogen and oxygen atoms in total. The topological polar surface area (TPSA) is 89.5 Å². The molecule has 0 unspecified atom stereocenters. The van der Waals surface area contributed by atoms with E-state index in [1.807, 2.05) is 13.1 Å². The Labute approximate surface area is 130 Å². The van der Waals surface area contributed by atoms with Gasteiger partial charge in [-0.15, -0.1) is 4.13 Å². The third-order valence-electron chi connectivity index (χ3n) is 3.04. The normalized spacial score (nSPS) is 14.3. The van der Waals surface area contributed by atoms with Crippen molar-refractivity contribution in [2.24, 2.45) is 0 Å². The number of nitrogens with one attached hydrogen (secondary N) is 1. The van der Waals surface area contributed by atoms with Crippen LogP contribution in [0.2, 0.25) is 19.1 Å². The Morgan fingerprint density at radius 2 is 1.50 bits per heavy atom. The van der Waals surface area contributed by atoms with Crippen molar-refractivity contribution < 1.29 is 34.4 Å². The number of alkyl halides is 3. The molecule has 22 heavy (non-hydrogen) atoms. The molecule has 0 radical (unpaired) electrons. The molecule has 0 fully saturated rings. The first-order valence-electron chi connectivity index (χ1n) is 6.60. The van der Waals surface area contributed by atoms with Crippen molar-refractivity contribution in [3.63, 3.8) is 0 Å². The minimum Gasteiger partial charge on any atom is -0.420 e. The van der Waals surface area contributed by atoms with Crippen molar-refractivity contribution in [3.8, 4) is 0 Å². The van der Waals surface area contributed by atoms with Gasteiger partial charge >= 0.3 is 15.5 Å². The minimum atomic E-state index is -5.87. The van der Waals surface area contributed by atoms with E-state index in [4.69, 9.17) is 4.43 Å². The van der Waals surface area contributed by atoms with Crippen molar-refractivity contribution in [1.29, 1.82) is 0 Å². The van der Waals surface area contributed by atoms with Gasteiger partial charge in [-0.05, 0) is 25.6 Å². The van der Waals surface area contributed by atoms with Gasteiger partial charge in [-0.1, -0.05) is 19.3 Å². The van der Waals surface area contributed by atoms with Crippen molar-refractivity contribution in [2.45, 2.75) is 50.3 Å². The van der Waals surface area contributed by atoms with Crippen LogP contribution in [0.1, 0.15) is 25.7 Å². The second-order valence-electron chi connectivity index (χ2n) is 5.48. The maximum absolute atomic E-state index is 12.1. The predicted octanol–water partition coefficient (Wildman–Crippen LogP) is 2.17. The zero-order valence-corrected chi connectivity index (χ0v) is 15.4. The van der Waals surface area contributed by atoms with E-state index in [9.17, 15) is 30.0 Å². The summed E-state index contributed by atoms with van der Waals surface area (Å²) >= 11 is 0. The van der Waals surface area contributed by atoms with E-state index in [-0.39, 0.29) is 6.42 Å². The first-order chi connectivity index (χ1) is 9.72. The lowest BCUT2D eigenvalue weighted by Crippen LogP contribution is -2.41. The number of hydrogen-bond acceptors (Lipinski definition) is 5. The van der Waals surface area contributed by atoms with E-state index in [0.29, 0.717) is 17.0 Å². The maximum Gasteiger partial charge on any atom is 0.512 e. The molecule has 0 amide bonds. The molecule has 134 valence electrons. The summed E-state index contributed by atoms with van der Waals surface area (Å²) in [4.78, 5) is 0. The highest BCUT2D eigenvalue weighted by Crippen LogP contribution is 2.22. The van der Waals surface area contributed by atoms with Crippen LogP contribution in [0.15, 0.2) is 0 Å². The van der Waals surface area contributed by atoms with Crippen LogP contribution >= 0.6 is 0 Å². The number of sulfonamides is 2. The first kappa shape index (κ1) is 21.8. The maximum atomic E-state index is 12.1. The summed E-state index contributed by atoms with van der Waals surface area (Å²) in [5, 5.41) is 0. The van der Waals surface area contributed by atoms with E-state index in [1.54, 1.807) is 7.11 Å². The molecular weight excluding hydrogens is 363 g/mol. The highest BCUT2D eigenvalue weighted by Gasteiger charge is 2.48. The highest BCUT2D eigenvalue weighted by atomic mass is 32.3. The molecule has 0 aromatic carbocycles. The van der Waals surface area contributed by atoms with Crippen LogP contribution in [0.5, 0.6) is 0 Å². The summed E-state index contributed by atoms with van der Waals surface area (Å²) in [5.41, 5.74) is -5.64. The molecule has 0 bridgehead atoms. The number of hydrogen-bond donors (Lipinski definition) is 1. The van der Waals surface area contributed by atoms with E-state index in [0.717, 1.165) is 12.5 Å². The quantitative estimate of drug-likeness (QED) is 0.460. The monoisotopic (exact) mass is 385 g/mol. The van der Waals surface area contributed by atoms with Crippen LogP contribution in [-0.4, -0.2) is 43.5 Å². The molecule has 0 aromatic rings. The summed E-state index contributed by atoms with van der Waals surface area (Å²) < 4.78 is 86.4. The lowest BCUT2D eigenvalue weighted by molar-refractivity contribution is -0.0441. The molecular formula is C10H22F3NO5S2Si. The van der Waals surface area contributed by atoms with Crippen molar-refractivity contribution >= 4 is 28.4 Å². The highest BCUT2D eigenvalue weighted by molar-refractivity contribution is 8.05. The standard InChI is InChI=1S/C10H22F3NO5S2Si/c1-19-22(2,3)9-7-5-4-6-8-20(15,16)14-21(17,18)10(11,12)13/h14H,4-9H2,1-3H3. The Hall–Kier alpha value is -0.173. The molecule has 0 aliphatic carbocycles. The van der Waals surface area contributed by atoms with Gasteiger partial charge in [0.1, 0.15) is 0 Å². The number of unbranched alkanes of at least 4 members (excludes halogenated alkanes) is 3. The first-order valence-corrected chi connectivity index (χ1v) is 12.9. The third kappa shape index (κ3) is 8.46. The van der Waals surface area contributed by atoms with Gasteiger partial charge in [0.15, 0.2) is 8.32 Å². The van der Waals surface area contributed by atoms with Crippen LogP contribution in [0.25, 0.3) is 0 Å². The van der Waals surface area contributed by atoms with Gasteiger partial charge in [0.2, 0.25) is 10.0 Å². The number of rotatable bonds is 10. The van der Waals surface area contributed by atoms with Gasteiger partial charge in [0.05, 0.1) is 5.75 Å². The van der Waals surface area contributed by atoms with Crippen LogP contribution in [0.4, 0.5) is 13.2 Å². The average Bonchev–Trinajstić information content (AvgIpc) is 2.30. The molecule has 12 heteroatoms. The van der Waals surface area contributed by atoms with Crippen LogP contribution < -0.4 is 4.13 Å². The molecule has 0 rings (SSSR count). The van der Waals surface area contributed by atoms with Gasteiger partial charge in [-0.3, -0.25) is 0 Å². The Morgan fingerprint density at radius 3 is 1.95 bits per heavy atom. The Bertz CT molecular complexity index is 545. The Kier molecular flexibility index (Phi) is 8.02. The van der Waals surface area contributed by atoms with Crippen molar-refractivity contribution in [3.05, 3.63) is 0 Å². The molecule has 0 aromatic heterocycles. The fraction of sp³-hybridized carbons (Fsp3) is 1.00. The lowest BCUT2D eigenvalue weighted by atomic mass is 10.2. The summed E-state index contributed by atoms with van der Waals surface area (Å²) in [6.07, 6.45) is 2.13. The second kappa shape index (κ2) is 8.08. The summed E-state index contributed by atoms with van der Waals surface area (Å²) in [5.74, 6) is -0.659. The van der Waals surface area contributed by atoms with E-state index in [1.165, 1.54) is 0 Å². The van der Waals surface area contributed by atoms with Crippen molar-refractivity contribution in [1.82, 2.24) is 4.13 Å². The van der Waals surface area contributed by atoms with E-state index in [2.05, 4.69) is 0 Å². The Morgan fingerprint density at radius 1 is 1.00 bits per heavy atom. The van der Waals surface area contributed by atoms with Crippen LogP contribution in [-0.2, 0) is 24.5 Å². The van der Waals surface area contributed by atoms with Crippen LogP contribution in [0, 0.1) is 0 Å². The summed E-state index contributed by atoms with van der Waals surface area (Å²) in [6, 6.07) is 0.900. The fourth-order valence-corrected chi connectivity index (χ4v) is 5.49. The smallest absolute Gasteiger partial charge is 0.420 e. The zero-order chi connectivity index (χ0) is 17.7. The van der Waals surface area contributed by atoms with Crippen molar-refractivity contribution in [2.75, 3.05) is 12.9 Å². The third-order valence-corrected chi connectivity index (χ3v) is 9.03. The number of halogens is 3.